The molecule has 4 unspecified atom stereocenters. The maximum atomic E-state index is 5.12. The first kappa shape index (κ1) is 27.0. The third-order valence-electron chi connectivity index (χ3n) is 9.46. The second-order valence-corrected chi connectivity index (χ2v) is 15.2. The largest absolute Gasteiger partial charge is 0.334 e. The Kier molecular flexibility index (Phi) is 7.04. The summed E-state index contributed by atoms with van der Waals surface area (Å²) in [5.41, 5.74) is 6.36. The molecule has 44 heavy (non-hydrogen) atoms. The third-order valence-corrected chi connectivity index (χ3v) is 13.9. The minimum absolute atomic E-state index is 0.306. The van der Waals surface area contributed by atoms with Crippen molar-refractivity contribution in [1.82, 2.24) is 4.98 Å². The molecule has 1 aliphatic heterocycles. The number of benzene rings is 3. The second kappa shape index (κ2) is 11.5. The minimum atomic E-state index is -1.65. The van der Waals surface area contributed by atoms with Crippen molar-refractivity contribution in [3.05, 3.63) is 180 Å². The number of hydrogen-bond acceptors (Lipinski definition) is 2. The van der Waals surface area contributed by atoms with Gasteiger partial charge in [0, 0.05) is 39.2 Å². The monoisotopic (exact) mass is 588 g/mol. The van der Waals surface area contributed by atoms with E-state index in [9.17, 15) is 0 Å². The van der Waals surface area contributed by atoms with Crippen LogP contribution in [0.5, 0.6) is 0 Å². The fourth-order valence-corrected chi connectivity index (χ4v) is 12.1. The molecule has 4 atom stereocenters. The number of hydrogen-bond donors (Lipinski definition) is 0. The lowest BCUT2D eigenvalue weighted by atomic mass is 9.87. The molecule has 0 amide bonds. The van der Waals surface area contributed by atoms with Gasteiger partial charge in [0.2, 0.25) is 0 Å². The van der Waals surface area contributed by atoms with Crippen LogP contribution in [0.1, 0.15) is 19.3 Å². The van der Waals surface area contributed by atoms with Crippen LogP contribution in [0.2, 0.25) is 0 Å². The van der Waals surface area contributed by atoms with E-state index >= 15 is 0 Å². The molecule has 216 valence electrons. The predicted molar refractivity (Wildman–Crippen MR) is 186 cm³/mol. The van der Waals surface area contributed by atoms with Crippen molar-refractivity contribution in [1.29, 1.82) is 0 Å². The van der Waals surface area contributed by atoms with Crippen molar-refractivity contribution in [2.24, 2.45) is 5.92 Å². The van der Waals surface area contributed by atoms with Gasteiger partial charge in [-0.1, -0.05) is 115 Å². The van der Waals surface area contributed by atoms with Crippen molar-refractivity contribution >= 4 is 15.7 Å². The quantitative estimate of drug-likeness (QED) is 0.223. The zero-order valence-electron chi connectivity index (χ0n) is 24.7. The Morgan fingerprint density at radius 3 is 2.18 bits per heavy atom. The lowest BCUT2D eigenvalue weighted by Crippen LogP contribution is -2.32. The van der Waals surface area contributed by atoms with Crippen molar-refractivity contribution < 1.29 is 0 Å². The molecule has 2 heterocycles. The van der Waals surface area contributed by atoms with Gasteiger partial charge in [0.1, 0.15) is 0 Å². The van der Waals surface area contributed by atoms with Crippen molar-refractivity contribution in [3.63, 3.8) is 0 Å². The topological polar surface area (TPSA) is 16.1 Å². The summed E-state index contributed by atoms with van der Waals surface area (Å²) in [7, 11) is -1.65. The normalized spacial score (nSPS) is 24.0. The van der Waals surface area contributed by atoms with E-state index in [1.165, 1.54) is 21.2 Å². The number of anilines is 1. The van der Waals surface area contributed by atoms with Crippen LogP contribution < -0.4 is 4.90 Å². The lowest BCUT2D eigenvalue weighted by Gasteiger charge is -2.49. The molecule has 1 aromatic heterocycles. The van der Waals surface area contributed by atoms with E-state index in [1.54, 1.807) is 10.5 Å². The van der Waals surface area contributed by atoms with Gasteiger partial charge in [-0.05, 0) is 77.1 Å². The molecule has 0 N–H and O–H groups in total. The smallest absolute Gasteiger partial charge is 0.0702 e. The first-order chi connectivity index (χ1) is 21.8. The zero-order valence-corrected chi connectivity index (χ0v) is 25.6. The standard InChI is InChI=1S/C41H36N2S/c1-5-15-31(16-6-1)39-27-25-36(30-42-39)44(33-19-9-3-10-20-33,34-21-11-4-12-22-34)35-26-28-41-38(29-35)37-23-13-14-24-40(37)43(41)32-17-7-2-8-18-32/h1-11,13-21,23-28,30,35,37,40H,12,22,29H2. The number of aromatic nitrogens is 1. The van der Waals surface area contributed by atoms with E-state index in [0.29, 0.717) is 17.2 Å². The fraction of sp³-hybridized carbons (Fsp3) is 0.146. The van der Waals surface area contributed by atoms with Gasteiger partial charge in [0.25, 0.3) is 0 Å². The van der Waals surface area contributed by atoms with Gasteiger partial charge in [-0.15, -0.1) is 0 Å². The van der Waals surface area contributed by atoms with Crippen LogP contribution in [0.4, 0.5) is 5.69 Å². The SMILES string of the molecule is C1=CCCC(S(c2ccccc2)(c2ccc(-c3ccccc3)nc2)C2C=CC3=C(C2)C2C=CC=CC2N3c2ccccc2)=C1. The highest BCUT2D eigenvalue weighted by Gasteiger charge is 2.46. The van der Waals surface area contributed by atoms with Crippen molar-refractivity contribution in [2.45, 2.75) is 40.3 Å². The molecule has 4 aliphatic rings. The predicted octanol–water partition coefficient (Wildman–Crippen LogP) is 10.4. The Labute approximate surface area is 262 Å². The van der Waals surface area contributed by atoms with Gasteiger partial charge in [-0.2, -0.15) is 10.0 Å². The highest BCUT2D eigenvalue weighted by atomic mass is 32.3. The molecule has 3 aliphatic carbocycles. The van der Waals surface area contributed by atoms with E-state index in [-0.39, 0.29) is 0 Å². The molecule has 0 bridgehead atoms. The van der Waals surface area contributed by atoms with Crippen LogP contribution in [0.15, 0.2) is 190 Å². The lowest BCUT2D eigenvalue weighted by molar-refractivity contribution is 0.659. The Morgan fingerprint density at radius 1 is 0.705 bits per heavy atom. The molecule has 8 rings (SSSR count). The van der Waals surface area contributed by atoms with Crippen LogP contribution in [-0.2, 0) is 0 Å². The molecule has 4 aromatic rings. The minimum Gasteiger partial charge on any atom is -0.334 e. The summed E-state index contributed by atoms with van der Waals surface area (Å²) in [4.78, 5) is 12.0. The highest BCUT2D eigenvalue weighted by molar-refractivity contribution is 8.37. The Bertz CT molecular complexity index is 1830. The van der Waals surface area contributed by atoms with E-state index in [2.05, 4.69) is 169 Å². The average molecular weight is 589 g/mol. The van der Waals surface area contributed by atoms with Gasteiger partial charge in [0.05, 0.1) is 11.7 Å². The molecule has 0 spiro atoms. The summed E-state index contributed by atoms with van der Waals surface area (Å²) >= 11 is 0. The van der Waals surface area contributed by atoms with Crippen LogP contribution in [0.25, 0.3) is 11.3 Å². The zero-order chi connectivity index (χ0) is 29.3. The number of rotatable bonds is 6. The molecular formula is C41H36N2S. The molecule has 3 aromatic carbocycles. The van der Waals surface area contributed by atoms with E-state index in [0.717, 1.165) is 30.5 Å². The molecule has 0 saturated heterocycles. The van der Waals surface area contributed by atoms with Gasteiger partial charge < -0.3 is 4.90 Å². The van der Waals surface area contributed by atoms with Crippen molar-refractivity contribution in [2.75, 3.05) is 4.90 Å². The fourth-order valence-electron chi connectivity index (χ4n) is 7.52. The number of fused-ring (bicyclic) bond motifs is 2. The maximum absolute atomic E-state index is 5.12. The van der Waals surface area contributed by atoms with Crippen LogP contribution in [-0.4, -0.2) is 16.3 Å². The van der Waals surface area contributed by atoms with Crippen LogP contribution >= 0.6 is 10.0 Å². The van der Waals surface area contributed by atoms with E-state index in [1.807, 2.05) is 0 Å². The number of nitrogens with zero attached hydrogens (tertiary/aromatic N) is 2. The molecule has 2 nitrogen and oxygen atoms in total. The van der Waals surface area contributed by atoms with Crippen LogP contribution in [0, 0.1) is 5.92 Å². The molecular weight excluding hydrogens is 553 g/mol. The Balaban J connectivity index is 1.29. The first-order valence-corrected chi connectivity index (χ1v) is 17.4. The third kappa shape index (κ3) is 4.46. The van der Waals surface area contributed by atoms with Gasteiger partial charge in [-0.3, -0.25) is 4.98 Å². The summed E-state index contributed by atoms with van der Waals surface area (Å²) in [6, 6.07) is 37.7. The van der Waals surface area contributed by atoms with Gasteiger partial charge in [0.15, 0.2) is 0 Å². The molecule has 3 heteroatoms. The summed E-state index contributed by atoms with van der Waals surface area (Å²) in [6.45, 7) is 0. The number of pyridine rings is 1. The Morgan fingerprint density at radius 2 is 1.45 bits per heavy atom. The summed E-state index contributed by atoms with van der Waals surface area (Å²) in [5.74, 6) is 0.370. The van der Waals surface area contributed by atoms with Gasteiger partial charge in [-0.25, -0.2) is 0 Å². The number of allylic oxidation sites excluding steroid dienone is 7. The number of para-hydroxylation sites is 1. The van der Waals surface area contributed by atoms with E-state index in [4.69, 9.17) is 4.98 Å². The summed E-state index contributed by atoms with van der Waals surface area (Å²) < 4.78 is 0. The summed E-state index contributed by atoms with van der Waals surface area (Å²) in [5, 5.41) is 0.321. The molecule has 0 saturated carbocycles. The molecule has 0 radical (unpaired) electrons. The average Bonchev–Trinajstić information content (AvgIpc) is 3.44. The van der Waals surface area contributed by atoms with Crippen LogP contribution in [0.3, 0.4) is 0 Å². The van der Waals surface area contributed by atoms with E-state index < -0.39 is 10.0 Å². The van der Waals surface area contributed by atoms with Crippen molar-refractivity contribution in [3.8, 4) is 11.3 Å². The van der Waals surface area contributed by atoms with Gasteiger partial charge >= 0.3 is 0 Å². The Hall–Kier alpha value is -4.60. The molecule has 0 fully saturated rings. The maximum Gasteiger partial charge on any atom is 0.0702 e. The highest BCUT2D eigenvalue weighted by Crippen LogP contribution is 2.74. The first-order valence-electron chi connectivity index (χ1n) is 15.7. The second-order valence-electron chi connectivity index (χ2n) is 11.8. The summed E-state index contributed by atoms with van der Waals surface area (Å²) in [6.07, 6.45) is 26.7.